The van der Waals surface area contributed by atoms with Crippen molar-refractivity contribution in [3.05, 3.63) is 87.7 Å². The number of halogens is 1. The van der Waals surface area contributed by atoms with Gasteiger partial charge in [-0.05, 0) is 31.0 Å². The number of nitrogens with one attached hydrogen (secondary N) is 1. The van der Waals surface area contributed by atoms with Crippen LogP contribution < -0.4 is 5.32 Å². The first kappa shape index (κ1) is 22.5. The fourth-order valence-corrected chi connectivity index (χ4v) is 4.55. The second-order valence-corrected chi connectivity index (χ2v) is 8.49. The van der Waals surface area contributed by atoms with Gasteiger partial charge in [0.1, 0.15) is 0 Å². The van der Waals surface area contributed by atoms with Crippen LogP contribution in [0, 0.1) is 13.8 Å². The third kappa shape index (κ3) is 5.04. The molecule has 2 aromatic carbocycles. The smallest absolute Gasteiger partial charge is 0.255 e. The number of hydrogen-bond donors (Lipinski definition) is 1. The minimum atomic E-state index is -0.107. The summed E-state index contributed by atoms with van der Waals surface area (Å²) in [5.74, 6) is -0.107. The van der Waals surface area contributed by atoms with E-state index in [0.717, 1.165) is 35.6 Å². The van der Waals surface area contributed by atoms with Crippen molar-refractivity contribution in [3.8, 4) is 0 Å². The lowest BCUT2D eigenvalue weighted by molar-refractivity contribution is 0.0162. The maximum absolute atomic E-state index is 13.2. The second kappa shape index (κ2) is 10.3. The van der Waals surface area contributed by atoms with Gasteiger partial charge in [-0.15, -0.1) is 0 Å². The summed E-state index contributed by atoms with van der Waals surface area (Å²) in [5.41, 5.74) is 4.41. The molecule has 0 aliphatic carbocycles. The Morgan fingerprint density at radius 2 is 1.78 bits per heavy atom. The van der Waals surface area contributed by atoms with E-state index in [-0.39, 0.29) is 11.9 Å². The van der Waals surface area contributed by atoms with Crippen LogP contribution in [0.4, 0.5) is 0 Å². The van der Waals surface area contributed by atoms with Crippen molar-refractivity contribution in [1.29, 1.82) is 0 Å². The fourth-order valence-electron chi connectivity index (χ4n) is 4.28. The molecule has 168 valence electrons. The highest BCUT2D eigenvalue weighted by Gasteiger charge is 2.26. The van der Waals surface area contributed by atoms with Crippen molar-refractivity contribution in [1.82, 2.24) is 20.0 Å². The highest BCUT2D eigenvalue weighted by molar-refractivity contribution is 6.31. The molecule has 1 aliphatic rings. The van der Waals surface area contributed by atoms with E-state index in [0.29, 0.717) is 36.9 Å². The lowest BCUT2D eigenvalue weighted by atomic mass is 10.0. The van der Waals surface area contributed by atoms with Crippen molar-refractivity contribution in [3.63, 3.8) is 0 Å². The Hall–Kier alpha value is -2.67. The molecule has 1 N–H and O–H groups in total. The molecule has 1 amide bonds. The molecule has 1 fully saturated rings. The molecular formula is C25H29ClN4O2. The summed E-state index contributed by atoms with van der Waals surface area (Å²) in [7, 11) is 0. The van der Waals surface area contributed by atoms with Crippen LogP contribution in [0.5, 0.6) is 0 Å². The Morgan fingerprint density at radius 3 is 2.50 bits per heavy atom. The molecule has 1 atom stereocenters. The number of ether oxygens (including phenoxy) is 1. The molecule has 0 radical (unpaired) electrons. The number of aromatic nitrogens is 2. The molecule has 0 bridgehead atoms. The normalized spacial score (nSPS) is 15.5. The van der Waals surface area contributed by atoms with Crippen LogP contribution in [0.1, 0.15) is 38.9 Å². The van der Waals surface area contributed by atoms with E-state index in [2.05, 4.69) is 27.4 Å². The predicted octanol–water partition coefficient (Wildman–Crippen LogP) is 4.00. The van der Waals surface area contributed by atoms with Crippen molar-refractivity contribution in [2.24, 2.45) is 0 Å². The number of carbonyl (C=O) groups is 1. The quantitative estimate of drug-likeness (QED) is 0.588. The lowest BCUT2D eigenvalue weighted by Crippen LogP contribution is -2.44. The molecule has 6 nitrogen and oxygen atoms in total. The number of aryl methyl sites for hydroxylation is 1. The van der Waals surface area contributed by atoms with Crippen molar-refractivity contribution >= 4 is 17.5 Å². The average molecular weight is 453 g/mol. The maximum atomic E-state index is 13.2. The van der Waals surface area contributed by atoms with Crippen LogP contribution in [-0.4, -0.2) is 53.4 Å². The van der Waals surface area contributed by atoms with Gasteiger partial charge in [0.25, 0.3) is 5.91 Å². The molecule has 1 aliphatic heterocycles. The maximum Gasteiger partial charge on any atom is 0.255 e. The first-order chi connectivity index (χ1) is 15.5. The molecular weight excluding hydrogens is 424 g/mol. The Labute approximate surface area is 194 Å². The molecule has 1 saturated heterocycles. The molecule has 0 saturated carbocycles. The third-order valence-corrected chi connectivity index (χ3v) is 6.33. The number of nitrogens with zero attached hydrogens (tertiary/aromatic N) is 3. The molecule has 1 unspecified atom stereocenters. The summed E-state index contributed by atoms with van der Waals surface area (Å²) in [6, 6.07) is 18.0. The number of hydrogen-bond acceptors (Lipinski definition) is 4. The van der Waals surface area contributed by atoms with Crippen LogP contribution in [0.25, 0.3) is 0 Å². The summed E-state index contributed by atoms with van der Waals surface area (Å²) >= 11 is 6.52. The first-order valence-corrected chi connectivity index (χ1v) is 11.3. The third-order valence-electron chi connectivity index (χ3n) is 5.99. The van der Waals surface area contributed by atoms with Crippen LogP contribution in [-0.2, 0) is 11.3 Å². The Balaban J connectivity index is 1.51. The number of morpholine rings is 1. The van der Waals surface area contributed by atoms with Crippen molar-refractivity contribution in [2.45, 2.75) is 26.4 Å². The van der Waals surface area contributed by atoms with Gasteiger partial charge in [-0.25, -0.2) is 0 Å². The van der Waals surface area contributed by atoms with Gasteiger partial charge in [-0.3, -0.25) is 14.4 Å². The molecule has 3 aromatic rings. The SMILES string of the molecule is Cc1nn(Cc2ccccc2)c(C)c1C(=O)NCC(c1ccccc1Cl)N1CCOCC1. The fraction of sp³-hybridized carbons (Fsp3) is 0.360. The van der Waals surface area contributed by atoms with Crippen LogP contribution in [0.15, 0.2) is 54.6 Å². The van der Waals surface area contributed by atoms with Crippen LogP contribution in [0.2, 0.25) is 5.02 Å². The van der Waals surface area contributed by atoms with E-state index in [1.165, 1.54) is 0 Å². The zero-order valence-electron chi connectivity index (χ0n) is 18.6. The average Bonchev–Trinajstić information content (AvgIpc) is 3.09. The van der Waals surface area contributed by atoms with Gasteiger partial charge in [-0.2, -0.15) is 5.10 Å². The Kier molecular flexibility index (Phi) is 7.25. The molecule has 32 heavy (non-hydrogen) atoms. The minimum Gasteiger partial charge on any atom is -0.379 e. The first-order valence-electron chi connectivity index (χ1n) is 11.0. The minimum absolute atomic E-state index is 0.0171. The van der Waals surface area contributed by atoms with Crippen molar-refractivity contribution in [2.75, 3.05) is 32.8 Å². The number of rotatable bonds is 7. The lowest BCUT2D eigenvalue weighted by Gasteiger charge is -2.35. The van der Waals surface area contributed by atoms with Gasteiger partial charge < -0.3 is 10.1 Å². The largest absolute Gasteiger partial charge is 0.379 e. The summed E-state index contributed by atoms with van der Waals surface area (Å²) < 4.78 is 7.42. The topological polar surface area (TPSA) is 59.4 Å². The highest BCUT2D eigenvalue weighted by atomic mass is 35.5. The standard InChI is InChI=1S/C25H29ClN4O2/c1-18-24(19(2)30(28-18)17-20-8-4-3-5-9-20)25(31)27-16-23(29-12-14-32-15-13-29)21-10-6-7-11-22(21)26/h3-11,23H,12-17H2,1-2H3,(H,27,31). The predicted molar refractivity (Wildman–Crippen MR) is 126 cm³/mol. The molecule has 0 spiro atoms. The summed E-state index contributed by atoms with van der Waals surface area (Å²) in [5, 5.41) is 8.48. The summed E-state index contributed by atoms with van der Waals surface area (Å²) in [6.45, 7) is 7.90. The second-order valence-electron chi connectivity index (χ2n) is 8.08. The summed E-state index contributed by atoms with van der Waals surface area (Å²) in [4.78, 5) is 15.5. The molecule has 7 heteroatoms. The van der Waals surface area contributed by atoms with Crippen LogP contribution in [0.3, 0.4) is 0 Å². The zero-order chi connectivity index (χ0) is 22.5. The van der Waals surface area contributed by atoms with E-state index in [9.17, 15) is 4.79 Å². The molecule has 2 heterocycles. The molecule has 4 rings (SSSR count). The van der Waals surface area contributed by atoms with Gasteiger partial charge in [0, 0.05) is 30.4 Å². The zero-order valence-corrected chi connectivity index (χ0v) is 19.3. The monoisotopic (exact) mass is 452 g/mol. The Morgan fingerprint density at radius 1 is 1.09 bits per heavy atom. The van der Waals surface area contributed by atoms with E-state index >= 15 is 0 Å². The molecule has 1 aromatic heterocycles. The van der Waals surface area contributed by atoms with Gasteiger partial charge in [0.2, 0.25) is 0 Å². The van der Waals surface area contributed by atoms with E-state index in [1.807, 2.05) is 61.0 Å². The number of carbonyl (C=O) groups excluding carboxylic acids is 1. The number of amides is 1. The van der Waals surface area contributed by atoms with Gasteiger partial charge >= 0.3 is 0 Å². The van der Waals surface area contributed by atoms with Gasteiger partial charge in [-0.1, -0.05) is 60.1 Å². The van der Waals surface area contributed by atoms with E-state index < -0.39 is 0 Å². The summed E-state index contributed by atoms with van der Waals surface area (Å²) in [6.07, 6.45) is 0. The van der Waals surface area contributed by atoms with Crippen molar-refractivity contribution < 1.29 is 9.53 Å². The van der Waals surface area contributed by atoms with Gasteiger partial charge in [0.15, 0.2) is 0 Å². The van der Waals surface area contributed by atoms with Gasteiger partial charge in [0.05, 0.1) is 37.1 Å². The van der Waals surface area contributed by atoms with Crippen LogP contribution >= 0.6 is 11.6 Å². The Bertz CT molecular complexity index is 1060. The van der Waals surface area contributed by atoms with E-state index in [1.54, 1.807) is 0 Å². The van der Waals surface area contributed by atoms with E-state index in [4.69, 9.17) is 16.3 Å². The highest BCUT2D eigenvalue weighted by Crippen LogP contribution is 2.28. The number of benzene rings is 2.